The third-order valence-electron chi connectivity index (χ3n) is 3.12. The molecule has 1 heterocycles. The van der Waals surface area contributed by atoms with Crippen LogP contribution in [0.2, 0.25) is 0 Å². The van der Waals surface area contributed by atoms with E-state index in [2.05, 4.69) is 10.3 Å². The third kappa shape index (κ3) is 3.82. The summed E-state index contributed by atoms with van der Waals surface area (Å²) in [6, 6.07) is 1.53. The van der Waals surface area contributed by atoms with E-state index in [1.165, 1.54) is 0 Å². The summed E-state index contributed by atoms with van der Waals surface area (Å²) in [7, 11) is 0. The molecule has 0 aromatic carbocycles. The quantitative estimate of drug-likeness (QED) is 0.620. The van der Waals surface area contributed by atoms with E-state index in [4.69, 9.17) is 5.73 Å². The number of carbonyl (C=O) groups excluding carboxylic acids is 1. The molecule has 1 aromatic heterocycles. The van der Waals surface area contributed by atoms with E-state index >= 15 is 0 Å². The summed E-state index contributed by atoms with van der Waals surface area (Å²) >= 11 is 0. The van der Waals surface area contributed by atoms with Gasteiger partial charge in [0.05, 0.1) is 24.3 Å². The Morgan fingerprint density at radius 3 is 2.29 bits per heavy atom. The van der Waals surface area contributed by atoms with E-state index in [1.807, 2.05) is 0 Å². The number of hydrogen-bond acceptors (Lipinski definition) is 5. The highest BCUT2D eigenvalue weighted by Gasteiger charge is 2.35. The van der Waals surface area contributed by atoms with Crippen molar-refractivity contribution in [2.75, 3.05) is 18.5 Å². The summed E-state index contributed by atoms with van der Waals surface area (Å²) < 4.78 is 38.0. The Labute approximate surface area is 118 Å². The summed E-state index contributed by atoms with van der Waals surface area (Å²) in [5.41, 5.74) is 2.31. The second-order valence-electron chi connectivity index (χ2n) is 4.53. The Morgan fingerprint density at radius 2 is 1.90 bits per heavy atom. The Bertz CT molecular complexity index is 508. The van der Waals surface area contributed by atoms with E-state index in [1.54, 1.807) is 6.92 Å². The number of carbonyl (C=O) groups is 1. The highest BCUT2D eigenvalue weighted by atomic mass is 19.4. The van der Waals surface area contributed by atoms with Crippen molar-refractivity contribution in [1.29, 1.82) is 0 Å². The molecule has 0 unspecified atom stereocenters. The van der Waals surface area contributed by atoms with Crippen LogP contribution in [0.1, 0.15) is 29.4 Å². The van der Waals surface area contributed by atoms with E-state index in [0.29, 0.717) is 6.07 Å². The average molecular weight is 307 g/mol. The first kappa shape index (κ1) is 17.2. The van der Waals surface area contributed by atoms with Crippen molar-refractivity contribution in [3.63, 3.8) is 0 Å². The van der Waals surface area contributed by atoms with E-state index < -0.39 is 42.3 Å². The smallest absolute Gasteiger partial charge is 0.394 e. The van der Waals surface area contributed by atoms with Gasteiger partial charge in [0.25, 0.3) is 5.91 Å². The highest BCUT2D eigenvalue weighted by molar-refractivity contribution is 5.97. The molecule has 0 aliphatic carbocycles. The lowest BCUT2D eigenvalue weighted by Crippen LogP contribution is -2.46. The molecule has 0 bridgehead atoms. The van der Waals surface area contributed by atoms with Gasteiger partial charge < -0.3 is 21.3 Å². The summed E-state index contributed by atoms with van der Waals surface area (Å²) in [4.78, 5) is 14.6. The van der Waals surface area contributed by atoms with Crippen molar-refractivity contribution in [1.82, 2.24) is 4.98 Å². The minimum Gasteiger partial charge on any atom is -0.394 e. The fourth-order valence-electron chi connectivity index (χ4n) is 1.60. The van der Waals surface area contributed by atoms with Crippen molar-refractivity contribution in [3.8, 4) is 0 Å². The number of primary amides is 1. The van der Waals surface area contributed by atoms with Gasteiger partial charge in [-0.3, -0.25) is 4.79 Å². The number of aromatic nitrogens is 1. The minimum absolute atomic E-state index is 0.191. The SMILES string of the molecule is CCC(CO)(CO)Nc1nc(C(F)(F)F)ccc1C(N)=O. The highest BCUT2D eigenvalue weighted by Crippen LogP contribution is 2.30. The van der Waals surface area contributed by atoms with Gasteiger partial charge in [0.15, 0.2) is 0 Å². The first-order valence-electron chi connectivity index (χ1n) is 6.07. The molecular formula is C12H16F3N3O3. The maximum Gasteiger partial charge on any atom is 0.433 e. The van der Waals surface area contributed by atoms with Crippen LogP contribution in [0.3, 0.4) is 0 Å². The summed E-state index contributed by atoms with van der Waals surface area (Å²) in [5, 5.41) is 21.1. The van der Waals surface area contributed by atoms with E-state index in [9.17, 15) is 28.2 Å². The van der Waals surface area contributed by atoms with Gasteiger partial charge in [-0.2, -0.15) is 13.2 Å². The van der Waals surface area contributed by atoms with E-state index in [-0.39, 0.29) is 12.0 Å². The maximum atomic E-state index is 12.7. The van der Waals surface area contributed by atoms with Crippen LogP contribution in [-0.4, -0.2) is 39.9 Å². The van der Waals surface area contributed by atoms with Gasteiger partial charge >= 0.3 is 6.18 Å². The van der Waals surface area contributed by atoms with Crippen molar-refractivity contribution in [2.24, 2.45) is 5.73 Å². The lowest BCUT2D eigenvalue weighted by Gasteiger charge is -2.31. The second kappa shape index (κ2) is 6.27. The zero-order chi connectivity index (χ0) is 16.3. The van der Waals surface area contributed by atoms with Gasteiger partial charge in [0.1, 0.15) is 11.5 Å². The summed E-state index contributed by atoms with van der Waals surface area (Å²) in [5.74, 6) is -1.40. The number of rotatable bonds is 6. The Balaban J connectivity index is 3.33. The van der Waals surface area contributed by atoms with Crippen LogP contribution < -0.4 is 11.1 Å². The second-order valence-corrected chi connectivity index (χ2v) is 4.53. The summed E-state index contributed by atoms with van der Waals surface area (Å²) in [6.07, 6.45) is -4.50. The summed E-state index contributed by atoms with van der Waals surface area (Å²) in [6.45, 7) is 0.489. The molecule has 0 fully saturated rings. The van der Waals surface area contributed by atoms with Crippen molar-refractivity contribution in [2.45, 2.75) is 25.1 Å². The third-order valence-corrected chi connectivity index (χ3v) is 3.12. The van der Waals surface area contributed by atoms with Gasteiger partial charge in [-0.1, -0.05) is 6.92 Å². The number of pyridine rings is 1. The van der Waals surface area contributed by atoms with E-state index in [0.717, 1.165) is 6.07 Å². The van der Waals surface area contributed by atoms with Gasteiger partial charge in [0.2, 0.25) is 0 Å². The van der Waals surface area contributed by atoms with Gasteiger partial charge in [0, 0.05) is 0 Å². The predicted octanol–water partition coefficient (Wildman–Crippen LogP) is 0.745. The number of alkyl halides is 3. The molecule has 0 radical (unpaired) electrons. The molecule has 0 saturated carbocycles. The Kier molecular flexibility index (Phi) is 5.13. The van der Waals surface area contributed by atoms with Gasteiger partial charge in [-0.05, 0) is 18.6 Å². The number of halogens is 3. The number of nitrogens with two attached hydrogens (primary N) is 1. The van der Waals surface area contributed by atoms with Crippen LogP contribution in [0, 0.1) is 0 Å². The molecule has 6 nitrogen and oxygen atoms in total. The largest absolute Gasteiger partial charge is 0.433 e. The Hall–Kier alpha value is -1.87. The standard InChI is InChI=1S/C12H16F3N3O3/c1-2-11(5-19,6-20)18-10-7(9(16)21)3-4-8(17-10)12(13,14)15/h3-4,19-20H,2,5-6H2,1H3,(H2,16,21)(H,17,18). The van der Waals surface area contributed by atoms with Crippen molar-refractivity contribution < 1.29 is 28.2 Å². The van der Waals surface area contributed by atoms with Crippen LogP contribution in [0.4, 0.5) is 19.0 Å². The molecule has 118 valence electrons. The molecule has 0 aliphatic heterocycles. The predicted molar refractivity (Wildman–Crippen MR) is 68.6 cm³/mol. The zero-order valence-corrected chi connectivity index (χ0v) is 11.2. The molecule has 0 spiro atoms. The first-order chi connectivity index (χ1) is 9.69. The maximum absolute atomic E-state index is 12.7. The van der Waals surface area contributed by atoms with Crippen LogP contribution in [-0.2, 0) is 6.18 Å². The average Bonchev–Trinajstić information content (AvgIpc) is 2.43. The van der Waals surface area contributed by atoms with Crippen molar-refractivity contribution >= 4 is 11.7 Å². The molecule has 1 rings (SSSR count). The monoisotopic (exact) mass is 307 g/mol. The Morgan fingerprint density at radius 1 is 1.33 bits per heavy atom. The molecule has 0 saturated heterocycles. The normalized spacial score (nSPS) is 12.3. The fraction of sp³-hybridized carbons (Fsp3) is 0.500. The number of hydrogen-bond donors (Lipinski definition) is 4. The van der Waals surface area contributed by atoms with Crippen LogP contribution in [0.5, 0.6) is 0 Å². The number of nitrogens with one attached hydrogen (secondary N) is 1. The number of nitrogens with zero attached hydrogens (tertiary/aromatic N) is 1. The number of aliphatic hydroxyl groups is 2. The minimum atomic E-state index is -4.69. The number of anilines is 1. The molecule has 0 atom stereocenters. The molecule has 0 aliphatic rings. The van der Waals surface area contributed by atoms with Crippen LogP contribution in [0.15, 0.2) is 12.1 Å². The topological polar surface area (TPSA) is 108 Å². The fourth-order valence-corrected chi connectivity index (χ4v) is 1.60. The molecule has 5 N–H and O–H groups in total. The number of aliphatic hydroxyl groups excluding tert-OH is 2. The lowest BCUT2D eigenvalue weighted by molar-refractivity contribution is -0.141. The molecule has 1 aromatic rings. The molecule has 21 heavy (non-hydrogen) atoms. The molecular weight excluding hydrogens is 291 g/mol. The lowest BCUT2D eigenvalue weighted by atomic mass is 9.98. The molecule has 1 amide bonds. The zero-order valence-electron chi connectivity index (χ0n) is 11.2. The van der Waals surface area contributed by atoms with Gasteiger partial charge in [-0.25, -0.2) is 4.98 Å². The van der Waals surface area contributed by atoms with Crippen LogP contribution >= 0.6 is 0 Å². The van der Waals surface area contributed by atoms with Crippen molar-refractivity contribution in [3.05, 3.63) is 23.4 Å². The number of amides is 1. The van der Waals surface area contributed by atoms with Crippen LogP contribution in [0.25, 0.3) is 0 Å². The first-order valence-corrected chi connectivity index (χ1v) is 6.07. The van der Waals surface area contributed by atoms with Gasteiger partial charge in [-0.15, -0.1) is 0 Å². The molecule has 9 heteroatoms.